The van der Waals surface area contributed by atoms with E-state index in [1.807, 2.05) is 0 Å². The zero-order chi connectivity index (χ0) is 17.6. The molecule has 1 saturated heterocycles. The standard InChI is InChI=1S/C16H21F3N2O3.ClH/c1-23-15(5-7-20-8-6-15)14(22)21-9-10-24-13-4-2-3-12(11-13)16(17,18)19;/h2-4,11,20H,5-10H2,1H3,(H,21,22);1H. The zero-order valence-corrected chi connectivity index (χ0v) is 14.6. The van der Waals surface area contributed by atoms with E-state index in [0.717, 1.165) is 12.1 Å². The van der Waals surface area contributed by atoms with Gasteiger partial charge >= 0.3 is 6.18 Å². The molecule has 5 nitrogen and oxygen atoms in total. The van der Waals surface area contributed by atoms with Crippen LogP contribution in [0.1, 0.15) is 18.4 Å². The van der Waals surface area contributed by atoms with Gasteiger partial charge in [-0.05, 0) is 44.1 Å². The molecule has 25 heavy (non-hydrogen) atoms. The number of piperidine rings is 1. The minimum absolute atomic E-state index is 0. The second-order valence-corrected chi connectivity index (χ2v) is 5.58. The molecule has 1 amide bonds. The highest BCUT2D eigenvalue weighted by Gasteiger charge is 2.39. The van der Waals surface area contributed by atoms with Gasteiger partial charge in [-0.3, -0.25) is 4.79 Å². The lowest BCUT2D eigenvalue weighted by Gasteiger charge is -2.34. The maximum absolute atomic E-state index is 12.6. The molecule has 0 atom stereocenters. The van der Waals surface area contributed by atoms with E-state index in [9.17, 15) is 18.0 Å². The van der Waals surface area contributed by atoms with Crippen molar-refractivity contribution in [3.8, 4) is 5.75 Å². The summed E-state index contributed by atoms with van der Waals surface area (Å²) in [7, 11) is 1.50. The van der Waals surface area contributed by atoms with Crippen molar-refractivity contribution in [1.29, 1.82) is 0 Å². The van der Waals surface area contributed by atoms with Gasteiger partial charge < -0.3 is 20.1 Å². The van der Waals surface area contributed by atoms with Crippen LogP contribution >= 0.6 is 12.4 Å². The van der Waals surface area contributed by atoms with E-state index in [2.05, 4.69) is 10.6 Å². The van der Waals surface area contributed by atoms with Crippen LogP contribution in [-0.4, -0.2) is 44.9 Å². The number of methoxy groups -OCH3 is 1. The Bertz CT molecular complexity index is 564. The summed E-state index contributed by atoms with van der Waals surface area (Å²) < 4.78 is 48.5. The summed E-state index contributed by atoms with van der Waals surface area (Å²) >= 11 is 0. The molecule has 0 saturated carbocycles. The van der Waals surface area contributed by atoms with Gasteiger partial charge in [0.15, 0.2) is 0 Å². The van der Waals surface area contributed by atoms with Gasteiger partial charge in [0.25, 0.3) is 5.91 Å². The molecule has 1 aromatic carbocycles. The van der Waals surface area contributed by atoms with Crippen LogP contribution in [0, 0.1) is 0 Å². The highest BCUT2D eigenvalue weighted by Crippen LogP contribution is 2.31. The quantitative estimate of drug-likeness (QED) is 0.742. The monoisotopic (exact) mass is 382 g/mol. The third-order valence-electron chi connectivity index (χ3n) is 4.03. The van der Waals surface area contributed by atoms with Gasteiger partial charge in [-0.15, -0.1) is 12.4 Å². The van der Waals surface area contributed by atoms with Gasteiger partial charge in [-0.2, -0.15) is 13.2 Å². The first-order valence-corrected chi connectivity index (χ1v) is 7.72. The highest BCUT2D eigenvalue weighted by molar-refractivity contribution is 5.85. The van der Waals surface area contributed by atoms with Crippen molar-refractivity contribution in [1.82, 2.24) is 10.6 Å². The first kappa shape index (κ1) is 21.5. The van der Waals surface area contributed by atoms with Crippen molar-refractivity contribution >= 4 is 18.3 Å². The molecule has 1 heterocycles. The van der Waals surface area contributed by atoms with E-state index >= 15 is 0 Å². The molecule has 1 aliphatic heterocycles. The number of hydrogen-bond acceptors (Lipinski definition) is 4. The van der Waals surface area contributed by atoms with Gasteiger partial charge in [0, 0.05) is 7.11 Å². The van der Waals surface area contributed by atoms with Crippen LogP contribution in [0.15, 0.2) is 24.3 Å². The SMILES string of the molecule is COC1(C(=O)NCCOc2cccc(C(F)(F)F)c2)CCNCC1.Cl. The predicted octanol–water partition coefficient (Wildman–Crippen LogP) is 2.39. The van der Waals surface area contributed by atoms with Gasteiger partial charge in [0.2, 0.25) is 0 Å². The summed E-state index contributed by atoms with van der Waals surface area (Å²) in [5.74, 6) is -0.110. The normalized spacial score (nSPS) is 16.6. The first-order valence-electron chi connectivity index (χ1n) is 7.72. The van der Waals surface area contributed by atoms with E-state index < -0.39 is 17.3 Å². The van der Waals surface area contributed by atoms with E-state index in [1.165, 1.54) is 19.2 Å². The molecule has 2 N–H and O–H groups in total. The Kier molecular flexibility index (Phi) is 7.98. The lowest BCUT2D eigenvalue weighted by Crippen LogP contribution is -2.54. The molecule has 0 spiro atoms. The number of nitrogens with one attached hydrogen (secondary N) is 2. The van der Waals surface area contributed by atoms with Gasteiger partial charge in [0.05, 0.1) is 12.1 Å². The Morgan fingerprint density at radius 3 is 2.60 bits per heavy atom. The van der Waals surface area contributed by atoms with Crippen LogP contribution in [0.3, 0.4) is 0 Å². The van der Waals surface area contributed by atoms with Gasteiger partial charge in [-0.1, -0.05) is 6.07 Å². The van der Waals surface area contributed by atoms with Crippen LogP contribution < -0.4 is 15.4 Å². The number of ether oxygens (including phenoxy) is 2. The maximum atomic E-state index is 12.6. The molecular weight excluding hydrogens is 361 g/mol. The zero-order valence-electron chi connectivity index (χ0n) is 13.8. The second-order valence-electron chi connectivity index (χ2n) is 5.58. The van der Waals surface area contributed by atoms with Crippen molar-refractivity contribution < 1.29 is 27.4 Å². The number of carbonyl (C=O) groups excluding carboxylic acids is 1. The number of amides is 1. The predicted molar refractivity (Wildman–Crippen MR) is 89.0 cm³/mol. The fourth-order valence-electron chi connectivity index (χ4n) is 2.61. The molecule has 2 rings (SSSR count). The molecule has 0 aromatic heterocycles. The third-order valence-corrected chi connectivity index (χ3v) is 4.03. The van der Waals surface area contributed by atoms with E-state index in [4.69, 9.17) is 9.47 Å². The Balaban J connectivity index is 0.00000312. The van der Waals surface area contributed by atoms with Crippen molar-refractivity contribution in [2.45, 2.75) is 24.6 Å². The Hall–Kier alpha value is -1.51. The molecule has 0 aliphatic carbocycles. The molecular formula is C16H22ClF3N2O3. The molecule has 1 aliphatic rings. The van der Waals surface area contributed by atoms with Crippen LogP contribution in [0.5, 0.6) is 5.75 Å². The average molecular weight is 383 g/mol. The number of alkyl halides is 3. The summed E-state index contributed by atoms with van der Waals surface area (Å²) in [6, 6.07) is 4.64. The number of halogens is 4. The Morgan fingerprint density at radius 2 is 2.00 bits per heavy atom. The van der Waals surface area contributed by atoms with Crippen molar-refractivity contribution in [3.05, 3.63) is 29.8 Å². The van der Waals surface area contributed by atoms with Crippen LogP contribution in [0.25, 0.3) is 0 Å². The minimum Gasteiger partial charge on any atom is -0.492 e. The van der Waals surface area contributed by atoms with Gasteiger partial charge in [-0.25, -0.2) is 0 Å². The molecule has 1 aromatic rings. The maximum Gasteiger partial charge on any atom is 0.416 e. The smallest absolute Gasteiger partial charge is 0.416 e. The molecule has 9 heteroatoms. The summed E-state index contributed by atoms with van der Waals surface area (Å²) in [4.78, 5) is 12.3. The minimum atomic E-state index is -4.41. The fourth-order valence-corrected chi connectivity index (χ4v) is 2.61. The van der Waals surface area contributed by atoms with Crippen molar-refractivity contribution in [2.75, 3.05) is 33.4 Å². The number of rotatable bonds is 6. The van der Waals surface area contributed by atoms with E-state index in [0.29, 0.717) is 25.9 Å². The van der Waals surface area contributed by atoms with Crippen LogP contribution in [-0.2, 0) is 15.7 Å². The number of benzene rings is 1. The molecule has 0 radical (unpaired) electrons. The summed E-state index contributed by atoms with van der Waals surface area (Å²) in [5.41, 5.74) is -1.61. The molecule has 142 valence electrons. The number of carbonyl (C=O) groups is 1. The van der Waals surface area contributed by atoms with Crippen LogP contribution in [0.4, 0.5) is 13.2 Å². The molecule has 0 unspecified atom stereocenters. The second kappa shape index (κ2) is 9.26. The summed E-state index contributed by atoms with van der Waals surface area (Å²) in [6.45, 7) is 1.66. The molecule has 0 bridgehead atoms. The fraction of sp³-hybridized carbons (Fsp3) is 0.562. The van der Waals surface area contributed by atoms with Crippen molar-refractivity contribution in [3.63, 3.8) is 0 Å². The van der Waals surface area contributed by atoms with E-state index in [1.54, 1.807) is 0 Å². The van der Waals surface area contributed by atoms with E-state index in [-0.39, 0.29) is 37.2 Å². The first-order chi connectivity index (χ1) is 11.4. The Morgan fingerprint density at radius 1 is 1.32 bits per heavy atom. The Labute approximate surface area is 150 Å². The lowest BCUT2D eigenvalue weighted by molar-refractivity contribution is -0.146. The number of hydrogen-bond donors (Lipinski definition) is 2. The van der Waals surface area contributed by atoms with Crippen molar-refractivity contribution in [2.24, 2.45) is 0 Å². The summed E-state index contributed by atoms with van der Waals surface area (Å²) in [5, 5.41) is 5.88. The largest absolute Gasteiger partial charge is 0.492 e. The highest BCUT2D eigenvalue weighted by atomic mass is 35.5. The van der Waals surface area contributed by atoms with Gasteiger partial charge in [0.1, 0.15) is 18.0 Å². The average Bonchev–Trinajstić information content (AvgIpc) is 2.58. The lowest BCUT2D eigenvalue weighted by atomic mass is 9.91. The molecule has 1 fully saturated rings. The third kappa shape index (κ3) is 5.76. The topological polar surface area (TPSA) is 59.6 Å². The van der Waals surface area contributed by atoms with Crippen LogP contribution in [0.2, 0.25) is 0 Å². The summed E-state index contributed by atoms with van der Waals surface area (Å²) in [6.07, 6.45) is -3.26.